The van der Waals surface area contributed by atoms with Crippen LogP contribution >= 0.6 is 0 Å². The Bertz CT molecular complexity index is 766. The summed E-state index contributed by atoms with van der Waals surface area (Å²) in [5, 5.41) is 0. The lowest BCUT2D eigenvalue weighted by atomic mass is 9.92. The van der Waals surface area contributed by atoms with Crippen LogP contribution in [-0.2, 0) is 9.59 Å². The van der Waals surface area contributed by atoms with Crippen molar-refractivity contribution in [2.24, 2.45) is 11.8 Å². The fourth-order valence-electron chi connectivity index (χ4n) is 3.79. The van der Waals surface area contributed by atoms with Crippen molar-refractivity contribution in [1.82, 2.24) is 0 Å². The minimum absolute atomic E-state index is 0.105. The van der Waals surface area contributed by atoms with E-state index >= 15 is 0 Å². The topological polar surface area (TPSA) is 85.3 Å². The molecule has 0 radical (unpaired) electrons. The van der Waals surface area contributed by atoms with Gasteiger partial charge in [-0.15, -0.1) is 0 Å². The van der Waals surface area contributed by atoms with Gasteiger partial charge in [0.2, 0.25) is 0 Å². The van der Waals surface area contributed by atoms with Crippen molar-refractivity contribution < 1.29 is 24.0 Å². The quantitative estimate of drug-likeness (QED) is 0.734. The average molecular weight is 352 g/mol. The lowest BCUT2D eigenvalue weighted by Crippen LogP contribution is -2.25. The van der Waals surface area contributed by atoms with Crippen LogP contribution in [0.25, 0.3) is 5.57 Å². The molecule has 2 aliphatic rings. The summed E-state index contributed by atoms with van der Waals surface area (Å²) in [6, 6.07) is 2.83. The first-order valence-corrected chi connectivity index (χ1v) is 8.88. The number of allylic oxidation sites excluding steroid dienone is 1. The summed E-state index contributed by atoms with van der Waals surface area (Å²) in [4.78, 5) is 62.3. The van der Waals surface area contributed by atoms with Gasteiger partial charge < -0.3 is 0 Å². The Hall–Kier alpha value is -2.69. The molecule has 0 aromatic heterocycles. The molecule has 0 fully saturated rings. The summed E-state index contributed by atoms with van der Waals surface area (Å²) in [5.41, 5.74) is 1.31. The summed E-state index contributed by atoms with van der Waals surface area (Å²) in [7, 11) is 0. The van der Waals surface area contributed by atoms with Crippen LogP contribution in [0.2, 0.25) is 0 Å². The van der Waals surface area contributed by atoms with Crippen molar-refractivity contribution in [3.05, 3.63) is 41.0 Å². The Morgan fingerprint density at radius 2 is 1.15 bits per heavy atom. The molecule has 2 unspecified atom stereocenters. The van der Waals surface area contributed by atoms with Crippen molar-refractivity contribution in [1.29, 1.82) is 0 Å². The molecular weight excluding hydrogens is 332 g/mol. The fraction of sp³-hybridized carbons (Fsp3) is 0.381. The van der Waals surface area contributed by atoms with Crippen molar-refractivity contribution >= 4 is 34.5 Å². The molecule has 26 heavy (non-hydrogen) atoms. The Morgan fingerprint density at radius 1 is 0.769 bits per heavy atom. The summed E-state index contributed by atoms with van der Waals surface area (Å²) >= 11 is 0. The minimum Gasteiger partial charge on any atom is -0.299 e. The number of ketones is 5. The van der Waals surface area contributed by atoms with Crippen LogP contribution in [0.3, 0.4) is 0 Å². The second-order valence-corrected chi connectivity index (χ2v) is 6.86. The fourth-order valence-corrected chi connectivity index (χ4v) is 3.79. The van der Waals surface area contributed by atoms with Crippen molar-refractivity contribution in [2.45, 2.75) is 39.5 Å². The molecule has 1 aromatic carbocycles. The molecule has 0 saturated carbocycles. The first-order chi connectivity index (χ1) is 12.3. The highest BCUT2D eigenvalue weighted by Gasteiger charge is 2.46. The van der Waals surface area contributed by atoms with Gasteiger partial charge in [-0.2, -0.15) is 0 Å². The van der Waals surface area contributed by atoms with Gasteiger partial charge in [0.1, 0.15) is 17.6 Å². The number of hydrogen-bond acceptors (Lipinski definition) is 5. The van der Waals surface area contributed by atoms with E-state index in [0.717, 1.165) is 0 Å². The molecule has 1 aromatic rings. The predicted molar refractivity (Wildman–Crippen MR) is 95.3 cm³/mol. The molecule has 2 aliphatic carbocycles. The first-order valence-electron chi connectivity index (χ1n) is 8.88. The van der Waals surface area contributed by atoms with E-state index in [1.165, 1.54) is 12.1 Å². The van der Waals surface area contributed by atoms with Gasteiger partial charge in [0.05, 0.1) is 0 Å². The molecule has 0 amide bonds. The minimum atomic E-state index is -1.30. The summed E-state index contributed by atoms with van der Waals surface area (Å²) in [5.74, 6) is -4.27. The second kappa shape index (κ2) is 6.56. The SMILES string of the molecule is C=C1c2cc3c(cc2C(=O)C1C(=O)CCC)C(=O)C(C(=O)CCC)C3=O. The molecule has 0 spiro atoms. The third kappa shape index (κ3) is 2.50. The van der Waals surface area contributed by atoms with Crippen LogP contribution in [0.1, 0.15) is 76.2 Å². The van der Waals surface area contributed by atoms with E-state index in [0.29, 0.717) is 24.0 Å². The van der Waals surface area contributed by atoms with Gasteiger partial charge in [0.15, 0.2) is 23.1 Å². The number of rotatable bonds is 6. The third-order valence-corrected chi connectivity index (χ3v) is 5.07. The van der Waals surface area contributed by atoms with Gasteiger partial charge in [-0.3, -0.25) is 24.0 Å². The first kappa shape index (κ1) is 18.1. The molecule has 5 heteroatoms. The van der Waals surface area contributed by atoms with Gasteiger partial charge in [0.25, 0.3) is 0 Å². The highest BCUT2D eigenvalue weighted by molar-refractivity contribution is 6.36. The van der Waals surface area contributed by atoms with Crippen molar-refractivity contribution in [2.75, 3.05) is 0 Å². The highest BCUT2D eigenvalue weighted by atomic mass is 16.2. The molecular formula is C21H20O5. The maximum atomic E-state index is 12.7. The van der Waals surface area contributed by atoms with Crippen LogP contribution in [-0.4, -0.2) is 28.9 Å². The highest BCUT2D eigenvalue weighted by Crippen LogP contribution is 2.41. The second-order valence-electron chi connectivity index (χ2n) is 6.86. The molecule has 2 atom stereocenters. The monoisotopic (exact) mass is 352 g/mol. The number of benzene rings is 1. The lowest BCUT2D eigenvalue weighted by Gasteiger charge is -2.07. The van der Waals surface area contributed by atoms with Crippen LogP contribution in [0.4, 0.5) is 0 Å². The van der Waals surface area contributed by atoms with Crippen LogP contribution in [0.15, 0.2) is 18.7 Å². The third-order valence-electron chi connectivity index (χ3n) is 5.07. The van der Waals surface area contributed by atoms with E-state index in [4.69, 9.17) is 0 Å². The standard InChI is InChI=1S/C21H20O5/c1-4-6-15(22)17-10(3)11-8-13-14(9-12(11)19(17)24)21(26)18(20(13)25)16(23)7-5-2/h8-9,17-18H,3-7H2,1-2H3. The summed E-state index contributed by atoms with van der Waals surface area (Å²) in [6.07, 6.45) is 1.61. The molecule has 0 N–H and O–H groups in total. The summed E-state index contributed by atoms with van der Waals surface area (Å²) < 4.78 is 0. The van der Waals surface area contributed by atoms with Gasteiger partial charge >= 0.3 is 0 Å². The number of carbonyl (C=O) groups is 5. The van der Waals surface area contributed by atoms with Gasteiger partial charge in [-0.05, 0) is 36.1 Å². The zero-order valence-electron chi connectivity index (χ0n) is 14.9. The van der Waals surface area contributed by atoms with Crippen molar-refractivity contribution in [3.8, 4) is 0 Å². The Kier molecular flexibility index (Phi) is 4.57. The van der Waals surface area contributed by atoms with E-state index in [1.807, 2.05) is 6.92 Å². The van der Waals surface area contributed by atoms with Gasteiger partial charge in [-0.25, -0.2) is 0 Å². The Balaban J connectivity index is 2.03. The van der Waals surface area contributed by atoms with Gasteiger partial charge in [-0.1, -0.05) is 20.4 Å². The normalized spacial score (nSPS) is 21.2. The molecule has 0 aliphatic heterocycles. The number of Topliss-reactive ketones (excluding diaryl/α,β-unsaturated/α-hetero) is 5. The van der Waals surface area contributed by atoms with Crippen LogP contribution < -0.4 is 0 Å². The molecule has 0 heterocycles. The molecule has 0 bridgehead atoms. The van der Waals surface area contributed by atoms with Crippen LogP contribution in [0, 0.1) is 11.8 Å². The van der Waals surface area contributed by atoms with E-state index in [1.54, 1.807) is 6.92 Å². The Morgan fingerprint density at radius 3 is 1.65 bits per heavy atom. The number of fused-ring (bicyclic) bond motifs is 2. The zero-order chi connectivity index (χ0) is 19.2. The Labute approximate surface area is 151 Å². The lowest BCUT2D eigenvalue weighted by molar-refractivity contribution is -0.121. The maximum absolute atomic E-state index is 12.7. The largest absolute Gasteiger partial charge is 0.299 e. The van der Waals surface area contributed by atoms with E-state index in [2.05, 4.69) is 6.58 Å². The molecule has 0 saturated heterocycles. The molecule has 3 rings (SSSR count). The average Bonchev–Trinajstić information content (AvgIpc) is 2.98. The van der Waals surface area contributed by atoms with E-state index < -0.39 is 23.4 Å². The zero-order valence-corrected chi connectivity index (χ0v) is 14.9. The number of hydrogen-bond donors (Lipinski definition) is 0. The van der Waals surface area contributed by atoms with Crippen LogP contribution in [0.5, 0.6) is 0 Å². The van der Waals surface area contributed by atoms with Crippen molar-refractivity contribution in [3.63, 3.8) is 0 Å². The molecule has 134 valence electrons. The smallest absolute Gasteiger partial charge is 0.181 e. The number of carbonyl (C=O) groups excluding carboxylic acids is 5. The van der Waals surface area contributed by atoms with E-state index in [-0.39, 0.29) is 46.9 Å². The van der Waals surface area contributed by atoms with Gasteiger partial charge in [0, 0.05) is 29.5 Å². The summed E-state index contributed by atoms with van der Waals surface area (Å²) in [6.45, 7) is 7.54. The maximum Gasteiger partial charge on any atom is 0.181 e. The van der Waals surface area contributed by atoms with E-state index in [9.17, 15) is 24.0 Å². The molecule has 5 nitrogen and oxygen atoms in total. The predicted octanol–water partition coefficient (Wildman–Crippen LogP) is 3.25.